The number of rotatable bonds is 3. The molecule has 164 valence electrons. The van der Waals surface area contributed by atoms with Crippen LogP contribution in [0.5, 0.6) is 23.0 Å². The fraction of sp³-hybridized carbons (Fsp3) is 0.286. The van der Waals surface area contributed by atoms with E-state index in [0.29, 0.717) is 5.56 Å². The monoisotopic (exact) mass is 432 g/mol. The van der Waals surface area contributed by atoms with Gasteiger partial charge >= 0.3 is 0 Å². The minimum absolute atomic E-state index is 0.0402. The van der Waals surface area contributed by atoms with E-state index in [0.717, 1.165) is 12.1 Å². The molecule has 10 heteroatoms. The lowest BCUT2D eigenvalue weighted by atomic mass is 10.00. The van der Waals surface area contributed by atoms with E-state index in [4.69, 9.17) is 13.9 Å². The van der Waals surface area contributed by atoms with Gasteiger partial charge in [-0.15, -0.1) is 0 Å². The Hall–Kier alpha value is -3.31. The third-order valence-corrected chi connectivity index (χ3v) is 5.09. The highest BCUT2D eigenvalue weighted by Crippen LogP contribution is 2.37. The number of aliphatic hydroxyl groups is 3. The van der Waals surface area contributed by atoms with Crippen molar-refractivity contribution in [2.75, 3.05) is 0 Å². The van der Waals surface area contributed by atoms with Crippen LogP contribution in [0.4, 0.5) is 0 Å². The van der Waals surface area contributed by atoms with Gasteiger partial charge in [-0.05, 0) is 31.2 Å². The summed E-state index contributed by atoms with van der Waals surface area (Å²) >= 11 is 0. The largest absolute Gasteiger partial charge is 0.508 e. The van der Waals surface area contributed by atoms with Gasteiger partial charge in [-0.1, -0.05) is 0 Å². The number of ether oxygens (including phenoxy) is 2. The lowest BCUT2D eigenvalue weighted by molar-refractivity contribution is -0.268. The molecule has 5 atom stereocenters. The summed E-state index contributed by atoms with van der Waals surface area (Å²) in [7, 11) is 0. The van der Waals surface area contributed by atoms with Gasteiger partial charge in [-0.25, -0.2) is 0 Å². The predicted molar refractivity (Wildman–Crippen MR) is 106 cm³/mol. The molecule has 0 saturated carbocycles. The summed E-state index contributed by atoms with van der Waals surface area (Å²) in [6.45, 7) is 1.45. The molecule has 1 aromatic heterocycles. The van der Waals surface area contributed by atoms with Crippen LogP contribution in [-0.2, 0) is 4.74 Å². The van der Waals surface area contributed by atoms with Crippen LogP contribution in [0.3, 0.4) is 0 Å². The van der Waals surface area contributed by atoms with Crippen LogP contribution >= 0.6 is 0 Å². The molecule has 2 heterocycles. The van der Waals surface area contributed by atoms with Crippen molar-refractivity contribution in [1.29, 1.82) is 0 Å². The molecule has 1 fully saturated rings. The smallest absolute Gasteiger partial charge is 0.239 e. The van der Waals surface area contributed by atoms with E-state index in [1.807, 2.05) is 0 Å². The zero-order chi connectivity index (χ0) is 22.4. The molecule has 1 aliphatic rings. The van der Waals surface area contributed by atoms with Crippen molar-refractivity contribution in [2.45, 2.75) is 37.6 Å². The van der Waals surface area contributed by atoms with Gasteiger partial charge in [0.05, 0.1) is 6.10 Å². The summed E-state index contributed by atoms with van der Waals surface area (Å²) in [6.07, 6.45) is -7.11. The fourth-order valence-corrected chi connectivity index (χ4v) is 3.41. The Kier molecular flexibility index (Phi) is 5.23. The Balaban J connectivity index is 1.90. The Morgan fingerprint density at radius 2 is 1.58 bits per heavy atom. The molecule has 0 radical (unpaired) electrons. The molecular weight excluding hydrogens is 412 g/mol. The van der Waals surface area contributed by atoms with Crippen LogP contribution in [-0.4, -0.2) is 61.3 Å². The summed E-state index contributed by atoms with van der Waals surface area (Å²) in [5.41, 5.74) is -0.661. The average molecular weight is 432 g/mol. The van der Waals surface area contributed by atoms with Gasteiger partial charge in [-0.3, -0.25) is 4.79 Å². The molecule has 0 amide bonds. The highest BCUT2D eigenvalue weighted by molar-refractivity contribution is 5.88. The minimum atomic E-state index is -1.69. The first kappa shape index (κ1) is 20.9. The standard InChI is InChI=1S/C21H20O10/c1-8-15(25)17(27)18(28)21(29-8)31-20-16(26)14-12(24)6-11(23)7-13(14)30-19(20)9-2-4-10(22)5-3-9/h2-8,15,17-18,21-25,27-28H,1H3/t8-,15+,17-,18-,21+/m1/s1. The number of aliphatic hydroxyl groups excluding tert-OH is 3. The molecule has 0 bridgehead atoms. The van der Waals surface area contributed by atoms with E-state index < -0.39 is 47.6 Å². The predicted octanol–water partition coefficient (Wildman–Crippen LogP) is 0.783. The Bertz CT molecular complexity index is 1170. The Morgan fingerprint density at radius 1 is 0.903 bits per heavy atom. The summed E-state index contributed by atoms with van der Waals surface area (Å²) < 4.78 is 16.8. The molecule has 31 heavy (non-hydrogen) atoms. The average Bonchev–Trinajstić information content (AvgIpc) is 2.72. The lowest BCUT2D eigenvalue weighted by Gasteiger charge is -2.38. The molecule has 6 N–H and O–H groups in total. The van der Waals surface area contributed by atoms with Gasteiger partial charge in [0.25, 0.3) is 0 Å². The number of phenols is 3. The summed E-state index contributed by atoms with van der Waals surface area (Å²) in [4.78, 5) is 13.2. The van der Waals surface area contributed by atoms with Crippen molar-refractivity contribution in [3.63, 3.8) is 0 Å². The topological polar surface area (TPSA) is 170 Å². The number of phenolic OH excluding ortho intramolecular Hbond substituents is 3. The zero-order valence-corrected chi connectivity index (χ0v) is 16.2. The van der Waals surface area contributed by atoms with Gasteiger partial charge in [0, 0.05) is 17.7 Å². The van der Waals surface area contributed by atoms with Gasteiger partial charge in [0.2, 0.25) is 17.5 Å². The number of benzene rings is 2. The maximum atomic E-state index is 13.2. The number of aromatic hydroxyl groups is 3. The van der Waals surface area contributed by atoms with Crippen LogP contribution in [0.2, 0.25) is 0 Å². The van der Waals surface area contributed by atoms with Crippen molar-refractivity contribution in [3.05, 3.63) is 46.6 Å². The van der Waals surface area contributed by atoms with E-state index in [9.17, 15) is 35.4 Å². The van der Waals surface area contributed by atoms with Gasteiger partial charge < -0.3 is 44.5 Å². The molecule has 10 nitrogen and oxygen atoms in total. The molecule has 4 rings (SSSR count). The van der Waals surface area contributed by atoms with Gasteiger partial charge in [0.1, 0.15) is 46.5 Å². The maximum Gasteiger partial charge on any atom is 0.239 e. The van der Waals surface area contributed by atoms with Crippen LogP contribution in [0, 0.1) is 0 Å². The van der Waals surface area contributed by atoms with Crippen LogP contribution in [0.1, 0.15) is 6.92 Å². The first-order chi connectivity index (χ1) is 14.7. The van der Waals surface area contributed by atoms with Crippen molar-refractivity contribution in [3.8, 4) is 34.3 Å². The van der Waals surface area contributed by atoms with E-state index in [-0.39, 0.29) is 28.2 Å². The number of hydrogen-bond donors (Lipinski definition) is 6. The Morgan fingerprint density at radius 3 is 2.26 bits per heavy atom. The van der Waals surface area contributed by atoms with E-state index in [1.54, 1.807) is 0 Å². The van der Waals surface area contributed by atoms with E-state index in [1.165, 1.54) is 31.2 Å². The number of hydrogen-bond acceptors (Lipinski definition) is 10. The van der Waals surface area contributed by atoms with Crippen molar-refractivity contribution in [2.24, 2.45) is 0 Å². The van der Waals surface area contributed by atoms with Crippen LogP contribution in [0.25, 0.3) is 22.3 Å². The Labute approximate surface area is 174 Å². The molecule has 0 unspecified atom stereocenters. The first-order valence-corrected chi connectivity index (χ1v) is 9.36. The van der Waals surface area contributed by atoms with Crippen molar-refractivity contribution >= 4 is 11.0 Å². The highest BCUT2D eigenvalue weighted by atomic mass is 16.7. The second-order valence-corrected chi connectivity index (χ2v) is 7.27. The minimum Gasteiger partial charge on any atom is -0.508 e. The second kappa shape index (κ2) is 7.75. The quantitative estimate of drug-likeness (QED) is 0.348. The molecular formula is C21H20O10. The van der Waals surface area contributed by atoms with Crippen LogP contribution < -0.4 is 10.2 Å². The van der Waals surface area contributed by atoms with Gasteiger partial charge in [-0.2, -0.15) is 0 Å². The SMILES string of the molecule is C[C@H]1O[C@@H](Oc2c(-c3ccc(O)cc3)oc3cc(O)cc(O)c3c2=O)[C@H](O)[C@H](O)[C@H]1O. The molecule has 0 spiro atoms. The van der Waals surface area contributed by atoms with E-state index >= 15 is 0 Å². The van der Waals surface area contributed by atoms with Gasteiger partial charge in [0.15, 0.2) is 5.76 Å². The highest BCUT2D eigenvalue weighted by Gasteiger charge is 2.44. The summed E-state index contributed by atoms with van der Waals surface area (Å²) in [5.74, 6) is -1.51. The summed E-state index contributed by atoms with van der Waals surface area (Å²) in [6, 6.07) is 7.66. The molecule has 1 saturated heterocycles. The van der Waals surface area contributed by atoms with Crippen molar-refractivity contribution in [1.82, 2.24) is 0 Å². The third kappa shape index (κ3) is 3.66. The third-order valence-electron chi connectivity index (χ3n) is 5.09. The van der Waals surface area contributed by atoms with Crippen molar-refractivity contribution < 1.29 is 44.5 Å². The molecule has 2 aromatic carbocycles. The lowest BCUT2D eigenvalue weighted by Crippen LogP contribution is -2.58. The normalized spacial score (nSPS) is 26.1. The van der Waals surface area contributed by atoms with E-state index in [2.05, 4.69) is 0 Å². The molecule has 1 aliphatic heterocycles. The second-order valence-electron chi connectivity index (χ2n) is 7.27. The number of fused-ring (bicyclic) bond motifs is 1. The maximum absolute atomic E-state index is 13.2. The van der Waals surface area contributed by atoms with Crippen LogP contribution in [0.15, 0.2) is 45.6 Å². The summed E-state index contributed by atoms with van der Waals surface area (Å²) in [5, 5.41) is 59.4. The molecule has 0 aliphatic carbocycles. The molecule has 3 aromatic rings. The fourth-order valence-electron chi connectivity index (χ4n) is 3.41. The first-order valence-electron chi connectivity index (χ1n) is 9.36. The zero-order valence-electron chi connectivity index (χ0n) is 16.2.